The van der Waals surface area contributed by atoms with Gasteiger partial charge in [-0.05, 0) is 65.7 Å². The molecule has 0 aliphatic carbocycles. The van der Waals surface area contributed by atoms with Crippen LogP contribution in [0.1, 0.15) is 11.1 Å². The van der Waals surface area contributed by atoms with Crippen molar-refractivity contribution < 1.29 is 4.42 Å². The maximum Gasteiger partial charge on any atom is 0.137 e. The molecule has 7 rings (SSSR count). The Morgan fingerprint density at radius 2 is 1.22 bits per heavy atom. The lowest BCUT2D eigenvalue weighted by atomic mass is 9.98. The van der Waals surface area contributed by atoms with Crippen LogP contribution in [0.15, 0.2) is 108 Å². The van der Waals surface area contributed by atoms with Gasteiger partial charge in [0, 0.05) is 16.2 Å². The summed E-state index contributed by atoms with van der Waals surface area (Å²) < 4.78 is 8.58. The van der Waals surface area contributed by atoms with Crippen molar-refractivity contribution in [2.75, 3.05) is 0 Å². The van der Waals surface area contributed by atoms with E-state index in [0.29, 0.717) is 11.1 Å². The summed E-state index contributed by atoms with van der Waals surface area (Å²) in [4.78, 5) is 0. The van der Waals surface area contributed by atoms with E-state index in [-0.39, 0.29) is 0 Å². The Bertz CT molecular complexity index is 1990. The molecule has 0 N–H and O–H groups in total. The van der Waals surface area contributed by atoms with Gasteiger partial charge in [0.25, 0.3) is 0 Å². The highest BCUT2D eigenvalue weighted by Crippen LogP contribution is 2.39. The molecule has 2 heterocycles. The van der Waals surface area contributed by atoms with E-state index in [4.69, 9.17) is 4.42 Å². The fourth-order valence-electron chi connectivity index (χ4n) is 5.28. The normalized spacial score (nSPS) is 11.3. The van der Waals surface area contributed by atoms with Gasteiger partial charge in [0.05, 0.1) is 45.4 Å². The molecule has 36 heavy (non-hydrogen) atoms. The van der Waals surface area contributed by atoms with Crippen LogP contribution in [0.3, 0.4) is 0 Å². The summed E-state index contributed by atoms with van der Waals surface area (Å²) in [5.41, 5.74) is 7.61. The third-order valence-corrected chi connectivity index (χ3v) is 6.82. The molecule has 0 fully saturated rings. The van der Waals surface area contributed by atoms with Crippen molar-refractivity contribution in [3.05, 3.63) is 114 Å². The maximum absolute atomic E-state index is 9.45. The quantitative estimate of drug-likeness (QED) is 0.262. The monoisotopic (exact) mass is 459 g/mol. The molecule has 166 valence electrons. The summed E-state index contributed by atoms with van der Waals surface area (Å²) in [6, 6.07) is 38.7. The average molecular weight is 460 g/mol. The topological polar surface area (TPSA) is 65.7 Å². The molecule has 4 nitrogen and oxygen atoms in total. The van der Waals surface area contributed by atoms with E-state index < -0.39 is 0 Å². The van der Waals surface area contributed by atoms with E-state index in [1.807, 2.05) is 36.4 Å². The molecule has 0 aliphatic heterocycles. The average Bonchev–Trinajstić information content (AvgIpc) is 3.48. The number of benzene rings is 5. The van der Waals surface area contributed by atoms with Crippen LogP contribution in [0.5, 0.6) is 0 Å². The van der Waals surface area contributed by atoms with Gasteiger partial charge in [0.1, 0.15) is 11.2 Å². The van der Waals surface area contributed by atoms with Crippen LogP contribution in [0, 0.1) is 22.7 Å². The Labute approximate surface area is 206 Å². The van der Waals surface area contributed by atoms with Crippen LogP contribution in [0.4, 0.5) is 0 Å². The number of hydrogen-bond acceptors (Lipinski definition) is 3. The standard InChI is InChI=1S/C32H17N3O/c33-18-20-14-21(19-34)16-23(15-20)22-12-13-30-26(17-22)32-29(10-5-11-31(32)36-30)35-27-8-3-1-6-24(27)25-7-2-4-9-28(25)35/h1-17H. The first-order valence-corrected chi connectivity index (χ1v) is 11.6. The van der Waals surface area contributed by atoms with Gasteiger partial charge in [-0.3, -0.25) is 0 Å². The number of furan rings is 1. The molecule has 0 radical (unpaired) electrons. The molecule has 5 aromatic carbocycles. The molecule has 4 heteroatoms. The third kappa shape index (κ3) is 2.86. The number of rotatable bonds is 2. The maximum atomic E-state index is 9.45. The van der Waals surface area contributed by atoms with E-state index in [1.54, 1.807) is 6.07 Å². The minimum atomic E-state index is 0.465. The van der Waals surface area contributed by atoms with Crippen molar-refractivity contribution in [1.82, 2.24) is 4.57 Å². The van der Waals surface area contributed by atoms with Crippen molar-refractivity contribution >= 4 is 43.7 Å². The van der Waals surface area contributed by atoms with Crippen LogP contribution in [0.25, 0.3) is 60.6 Å². The SMILES string of the molecule is N#Cc1cc(C#N)cc(-c2ccc3oc4cccc(-n5c6ccccc6c6ccccc65)c4c3c2)c1. The highest BCUT2D eigenvalue weighted by Gasteiger charge is 2.18. The molecule has 0 saturated heterocycles. The lowest BCUT2D eigenvalue weighted by Gasteiger charge is -2.10. The first-order valence-electron chi connectivity index (χ1n) is 11.6. The van der Waals surface area contributed by atoms with E-state index in [0.717, 1.165) is 49.8 Å². The van der Waals surface area contributed by atoms with Crippen LogP contribution in [0.2, 0.25) is 0 Å². The number of nitrogens with zero attached hydrogens (tertiary/aromatic N) is 3. The largest absolute Gasteiger partial charge is 0.456 e. The Morgan fingerprint density at radius 3 is 1.89 bits per heavy atom. The van der Waals surface area contributed by atoms with Crippen LogP contribution < -0.4 is 0 Å². The van der Waals surface area contributed by atoms with Crippen molar-refractivity contribution in [1.29, 1.82) is 10.5 Å². The predicted molar refractivity (Wildman–Crippen MR) is 143 cm³/mol. The second kappa shape index (κ2) is 7.60. The first-order chi connectivity index (χ1) is 17.7. The number of hydrogen-bond donors (Lipinski definition) is 0. The van der Waals surface area contributed by atoms with Crippen LogP contribution in [-0.2, 0) is 0 Å². The van der Waals surface area contributed by atoms with Crippen molar-refractivity contribution in [3.8, 4) is 29.0 Å². The Hall–Kier alpha value is -5.32. The highest BCUT2D eigenvalue weighted by atomic mass is 16.3. The van der Waals surface area contributed by atoms with E-state index >= 15 is 0 Å². The Kier molecular flexibility index (Phi) is 4.24. The van der Waals surface area contributed by atoms with Crippen molar-refractivity contribution in [2.24, 2.45) is 0 Å². The van der Waals surface area contributed by atoms with Crippen LogP contribution >= 0.6 is 0 Å². The zero-order valence-corrected chi connectivity index (χ0v) is 19.1. The second-order valence-corrected chi connectivity index (χ2v) is 8.86. The Balaban J connectivity index is 1.56. The summed E-state index contributed by atoms with van der Waals surface area (Å²) in [5, 5.41) is 23.3. The number of aromatic nitrogens is 1. The fourth-order valence-corrected chi connectivity index (χ4v) is 5.28. The second-order valence-electron chi connectivity index (χ2n) is 8.86. The summed E-state index contributed by atoms with van der Waals surface area (Å²) in [6.45, 7) is 0. The summed E-state index contributed by atoms with van der Waals surface area (Å²) in [7, 11) is 0. The molecule has 0 unspecified atom stereocenters. The molecular weight excluding hydrogens is 442 g/mol. The number of nitriles is 2. The Morgan fingerprint density at radius 1 is 0.556 bits per heavy atom. The third-order valence-electron chi connectivity index (χ3n) is 6.82. The van der Waals surface area contributed by atoms with E-state index in [1.165, 1.54) is 10.8 Å². The zero-order valence-electron chi connectivity index (χ0n) is 19.1. The van der Waals surface area contributed by atoms with Gasteiger partial charge in [-0.2, -0.15) is 10.5 Å². The molecule has 0 amide bonds. The number of fused-ring (bicyclic) bond motifs is 6. The molecular formula is C32H17N3O. The van der Waals surface area contributed by atoms with Gasteiger partial charge in [-0.1, -0.05) is 48.5 Å². The van der Waals surface area contributed by atoms with E-state index in [2.05, 4.69) is 77.4 Å². The molecule has 0 bridgehead atoms. The minimum absolute atomic E-state index is 0.465. The fraction of sp³-hybridized carbons (Fsp3) is 0. The smallest absolute Gasteiger partial charge is 0.137 e. The van der Waals surface area contributed by atoms with Gasteiger partial charge in [0.15, 0.2) is 0 Å². The molecule has 0 spiro atoms. The van der Waals surface area contributed by atoms with Gasteiger partial charge >= 0.3 is 0 Å². The molecule has 0 aliphatic rings. The molecule has 7 aromatic rings. The van der Waals surface area contributed by atoms with Crippen molar-refractivity contribution in [2.45, 2.75) is 0 Å². The van der Waals surface area contributed by atoms with Crippen molar-refractivity contribution in [3.63, 3.8) is 0 Å². The summed E-state index contributed by atoms with van der Waals surface area (Å²) >= 11 is 0. The predicted octanol–water partition coefficient (Wildman–Crippen LogP) is 8.09. The summed E-state index contributed by atoms with van der Waals surface area (Å²) in [6.07, 6.45) is 0. The highest BCUT2D eigenvalue weighted by molar-refractivity contribution is 6.14. The minimum Gasteiger partial charge on any atom is -0.456 e. The van der Waals surface area contributed by atoms with Gasteiger partial charge in [-0.15, -0.1) is 0 Å². The molecule has 2 aromatic heterocycles. The molecule has 0 saturated carbocycles. The first kappa shape index (κ1) is 20.1. The number of para-hydroxylation sites is 2. The van der Waals surface area contributed by atoms with Crippen LogP contribution in [-0.4, -0.2) is 4.57 Å². The van der Waals surface area contributed by atoms with Gasteiger partial charge in [-0.25, -0.2) is 0 Å². The van der Waals surface area contributed by atoms with E-state index in [9.17, 15) is 10.5 Å². The molecule has 0 atom stereocenters. The van der Waals surface area contributed by atoms with Gasteiger partial charge in [0.2, 0.25) is 0 Å². The van der Waals surface area contributed by atoms with Gasteiger partial charge < -0.3 is 8.98 Å². The lowest BCUT2D eigenvalue weighted by molar-refractivity contribution is 0.669. The summed E-state index contributed by atoms with van der Waals surface area (Å²) in [5.74, 6) is 0. The lowest BCUT2D eigenvalue weighted by Crippen LogP contribution is -1.94. The zero-order chi connectivity index (χ0) is 24.2.